The van der Waals surface area contributed by atoms with Crippen LogP contribution in [-0.4, -0.2) is 53.0 Å². The third-order valence-corrected chi connectivity index (χ3v) is 4.90. The van der Waals surface area contributed by atoms with Crippen molar-refractivity contribution in [2.24, 2.45) is 0 Å². The predicted octanol–water partition coefficient (Wildman–Crippen LogP) is 0.673. The molecule has 3 N–H and O–H groups in total. The van der Waals surface area contributed by atoms with E-state index in [1.807, 2.05) is 16.7 Å². The Bertz CT molecular complexity index is 976. The molecule has 0 aliphatic carbocycles. The van der Waals surface area contributed by atoms with E-state index in [0.717, 1.165) is 0 Å². The number of halogens is 1. The number of aromatic amines is 1. The van der Waals surface area contributed by atoms with Gasteiger partial charge < -0.3 is 10.6 Å². The Labute approximate surface area is 161 Å². The fourth-order valence-corrected chi connectivity index (χ4v) is 3.44. The molecular formula is C19H24FN5O3. The van der Waals surface area contributed by atoms with Crippen molar-refractivity contribution in [1.29, 1.82) is 0 Å². The largest absolute Gasteiger partial charge is 0.384 e. The Morgan fingerprint density at radius 2 is 1.86 bits per heavy atom. The van der Waals surface area contributed by atoms with Gasteiger partial charge in [-0.25, -0.2) is 9.18 Å². The van der Waals surface area contributed by atoms with Crippen molar-refractivity contribution < 1.29 is 9.18 Å². The Morgan fingerprint density at radius 1 is 1.18 bits per heavy atom. The number of nitrogens with zero attached hydrogens (tertiary/aromatic N) is 3. The van der Waals surface area contributed by atoms with E-state index in [4.69, 9.17) is 5.73 Å². The average molecular weight is 389 g/mol. The van der Waals surface area contributed by atoms with Crippen molar-refractivity contribution in [2.75, 3.05) is 43.4 Å². The lowest BCUT2D eigenvalue weighted by Crippen LogP contribution is -2.49. The summed E-state index contributed by atoms with van der Waals surface area (Å²) in [6, 6.07) is 6.58. The Hall–Kier alpha value is -2.94. The lowest BCUT2D eigenvalue weighted by Gasteiger charge is -2.35. The molecule has 2 aromatic rings. The molecule has 0 atom stereocenters. The number of rotatable bonds is 6. The van der Waals surface area contributed by atoms with E-state index >= 15 is 0 Å². The van der Waals surface area contributed by atoms with Crippen LogP contribution in [0.15, 0.2) is 33.9 Å². The first-order valence-electron chi connectivity index (χ1n) is 9.30. The van der Waals surface area contributed by atoms with E-state index in [9.17, 15) is 18.8 Å². The number of para-hydroxylation sites is 1. The summed E-state index contributed by atoms with van der Waals surface area (Å²) in [5.74, 6) is -0.793. The highest BCUT2D eigenvalue weighted by Crippen LogP contribution is 2.20. The van der Waals surface area contributed by atoms with Crippen LogP contribution in [-0.2, 0) is 6.54 Å². The molecule has 1 aromatic heterocycles. The van der Waals surface area contributed by atoms with E-state index in [1.54, 1.807) is 18.2 Å². The van der Waals surface area contributed by atoms with Crippen LogP contribution in [0.5, 0.6) is 0 Å². The molecule has 150 valence electrons. The summed E-state index contributed by atoms with van der Waals surface area (Å²) in [5, 5.41) is 0. The van der Waals surface area contributed by atoms with Gasteiger partial charge in [0.05, 0.1) is 12.2 Å². The molecule has 0 bridgehead atoms. The summed E-state index contributed by atoms with van der Waals surface area (Å²) in [5.41, 5.74) is 4.94. The summed E-state index contributed by atoms with van der Waals surface area (Å²) in [4.78, 5) is 42.7. The number of nitrogens with two attached hydrogens (primary N) is 1. The number of H-pyrrole nitrogens is 1. The first-order valence-corrected chi connectivity index (χ1v) is 9.30. The van der Waals surface area contributed by atoms with E-state index < -0.39 is 17.0 Å². The second kappa shape index (κ2) is 8.39. The number of ketones is 1. The summed E-state index contributed by atoms with van der Waals surface area (Å²) in [6.45, 7) is 4.43. The molecule has 1 aliphatic heterocycles. The molecule has 0 amide bonds. The minimum Gasteiger partial charge on any atom is -0.384 e. The van der Waals surface area contributed by atoms with Gasteiger partial charge in [-0.2, -0.15) is 0 Å². The minimum atomic E-state index is -0.759. The summed E-state index contributed by atoms with van der Waals surface area (Å²) in [7, 11) is 0. The first kappa shape index (κ1) is 19.8. The van der Waals surface area contributed by atoms with Crippen LogP contribution in [0.3, 0.4) is 0 Å². The van der Waals surface area contributed by atoms with Gasteiger partial charge in [0.1, 0.15) is 17.2 Å². The third-order valence-electron chi connectivity index (χ3n) is 4.90. The van der Waals surface area contributed by atoms with Crippen LogP contribution in [0, 0.1) is 5.82 Å². The molecule has 8 nitrogen and oxygen atoms in total. The van der Waals surface area contributed by atoms with Gasteiger partial charge in [-0.15, -0.1) is 0 Å². The van der Waals surface area contributed by atoms with E-state index in [1.165, 1.54) is 10.6 Å². The molecule has 1 aliphatic rings. The fourth-order valence-electron chi connectivity index (χ4n) is 3.44. The van der Waals surface area contributed by atoms with Gasteiger partial charge in [0.25, 0.3) is 5.56 Å². The quantitative estimate of drug-likeness (QED) is 0.704. The van der Waals surface area contributed by atoms with Crippen LogP contribution in [0.25, 0.3) is 0 Å². The zero-order valence-corrected chi connectivity index (χ0v) is 15.8. The van der Waals surface area contributed by atoms with Crippen LogP contribution < -0.4 is 21.9 Å². The first-order chi connectivity index (χ1) is 13.4. The van der Waals surface area contributed by atoms with Gasteiger partial charge in [-0.05, 0) is 18.6 Å². The van der Waals surface area contributed by atoms with Crippen LogP contribution in [0.1, 0.15) is 23.7 Å². The van der Waals surface area contributed by atoms with E-state index in [0.29, 0.717) is 44.8 Å². The van der Waals surface area contributed by atoms with Gasteiger partial charge in [0.2, 0.25) is 0 Å². The highest BCUT2D eigenvalue weighted by Gasteiger charge is 2.24. The van der Waals surface area contributed by atoms with Crippen molar-refractivity contribution in [3.63, 3.8) is 0 Å². The topological polar surface area (TPSA) is 104 Å². The number of piperazine rings is 1. The molecule has 2 heterocycles. The maximum Gasteiger partial charge on any atom is 0.329 e. The minimum absolute atomic E-state index is 0.0166. The number of carbonyl (C=O) groups excluding carboxylic acids is 1. The number of nitrogens with one attached hydrogen (secondary N) is 1. The Kier molecular flexibility index (Phi) is 5.93. The Balaban J connectivity index is 1.70. The zero-order valence-electron chi connectivity index (χ0n) is 15.8. The van der Waals surface area contributed by atoms with Gasteiger partial charge in [-0.1, -0.05) is 19.1 Å². The molecule has 1 fully saturated rings. The number of Topliss-reactive ketones (excluding diaryl/α,β-unsaturated/α-hetero) is 1. The molecule has 0 radical (unpaired) electrons. The SMILES string of the molecule is CCCn1c(N)c(C(=O)CN2CCN(c3ccccc3F)CC2)c(=O)[nH]c1=O. The summed E-state index contributed by atoms with van der Waals surface area (Å²) >= 11 is 0. The van der Waals surface area contributed by atoms with Gasteiger partial charge in [0.15, 0.2) is 5.78 Å². The van der Waals surface area contributed by atoms with Crippen molar-refractivity contribution in [3.8, 4) is 0 Å². The average Bonchev–Trinajstić information content (AvgIpc) is 2.66. The number of anilines is 2. The number of nitrogen functional groups attached to an aromatic ring is 1. The summed E-state index contributed by atoms with van der Waals surface area (Å²) < 4.78 is 15.1. The predicted molar refractivity (Wildman–Crippen MR) is 105 cm³/mol. The highest BCUT2D eigenvalue weighted by atomic mass is 19.1. The second-order valence-electron chi connectivity index (χ2n) is 6.81. The number of hydrogen-bond acceptors (Lipinski definition) is 6. The molecule has 9 heteroatoms. The molecular weight excluding hydrogens is 365 g/mol. The maximum absolute atomic E-state index is 13.9. The van der Waals surface area contributed by atoms with Gasteiger partial charge >= 0.3 is 5.69 Å². The normalized spacial score (nSPS) is 15.0. The molecule has 0 spiro atoms. The second-order valence-corrected chi connectivity index (χ2v) is 6.81. The smallest absolute Gasteiger partial charge is 0.329 e. The molecule has 0 unspecified atom stereocenters. The molecule has 28 heavy (non-hydrogen) atoms. The standard InChI is InChI=1S/C19H24FN5O3/c1-2-7-25-17(21)16(18(27)22-19(25)28)15(26)12-23-8-10-24(11-9-23)14-6-4-3-5-13(14)20/h3-6H,2,7-12,21H2,1H3,(H,22,27,28). The van der Waals surface area contributed by atoms with Crippen molar-refractivity contribution in [2.45, 2.75) is 19.9 Å². The number of hydrogen-bond donors (Lipinski definition) is 2. The van der Waals surface area contributed by atoms with Crippen molar-refractivity contribution in [1.82, 2.24) is 14.5 Å². The van der Waals surface area contributed by atoms with Crippen LogP contribution >= 0.6 is 0 Å². The maximum atomic E-state index is 13.9. The van der Waals surface area contributed by atoms with Crippen LogP contribution in [0.2, 0.25) is 0 Å². The molecule has 0 saturated carbocycles. The van der Waals surface area contributed by atoms with E-state index in [2.05, 4.69) is 4.98 Å². The van der Waals surface area contributed by atoms with Gasteiger partial charge in [-0.3, -0.25) is 24.0 Å². The number of benzene rings is 1. The lowest BCUT2D eigenvalue weighted by molar-refractivity contribution is 0.0925. The fraction of sp³-hybridized carbons (Fsp3) is 0.421. The van der Waals surface area contributed by atoms with Crippen LogP contribution in [0.4, 0.5) is 15.9 Å². The van der Waals surface area contributed by atoms with Crippen molar-refractivity contribution in [3.05, 3.63) is 56.5 Å². The van der Waals surface area contributed by atoms with E-state index in [-0.39, 0.29) is 23.7 Å². The van der Waals surface area contributed by atoms with Crippen molar-refractivity contribution >= 4 is 17.3 Å². The summed E-state index contributed by atoms with van der Waals surface area (Å²) in [6.07, 6.45) is 0.641. The molecule has 1 saturated heterocycles. The molecule has 3 rings (SSSR count). The molecule has 1 aromatic carbocycles. The number of carbonyl (C=O) groups is 1. The highest BCUT2D eigenvalue weighted by molar-refractivity contribution is 6.01. The monoisotopic (exact) mass is 389 g/mol. The number of aromatic nitrogens is 2. The Morgan fingerprint density at radius 3 is 2.50 bits per heavy atom. The lowest BCUT2D eigenvalue weighted by atomic mass is 10.1. The third kappa shape index (κ3) is 3.99. The van der Waals surface area contributed by atoms with Gasteiger partial charge in [0, 0.05) is 32.7 Å². The zero-order chi connectivity index (χ0) is 20.3.